The van der Waals surface area contributed by atoms with Gasteiger partial charge < -0.3 is 9.47 Å². The Morgan fingerprint density at radius 3 is 2.60 bits per heavy atom. The highest BCUT2D eigenvalue weighted by atomic mass is 35.5. The third-order valence-corrected chi connectivity index (χ3v) is 3.26. The zero-order valence-electron chi connectivity index (χ0n) is 10.7. The van der Waals surface area contributed by atoms with Crippen molar-refractivity contribution in [2.24, 2.45) is 0 Å². The summed E-state index contributed by atoms with van der Waals surface area (Å²) in [5, 5.41) is 0.967. The number of hydrogen-bond acceptors (Lipinski definition) is 3. The third kappa shape index (κ3) is 3.44. The molecule has 0 spiro atoms. The molecule has 0 N–H and O–H groups in total. The molecule has 0 heterocycles. The number of carbonyl (C=O) groups excluding carboxylic acids is 1. The highest BCUT2D eigenvalue weighted by Crippen LogP contribution is 2.33. The van der Waals surface area contributed by atoms with Gasteiger partial charge in [-0.25, -0.2) is 0 Å². The van der Waals surface area contributed by atoms with E-state index in [9.17, 15) is 4.79 Å². The van der Waals surface area contributed by atoms with Gasteiger partial charge in [0.1, 0.15) is 6.61 Å². The molecule has 0 aliphatic heterocycles. The van der Waals surface area contributed by atoms with Gasteiger partial charge in [-0.15, -0.1) is 0 Å². The summed E-state index contributed by atoms with van der Waals surface area (Å²) in [6.45, 7) is 0.327. The van der Waals surface area contributed by atoms with Gasteiger partial charge in [-0.3, -0.25) is 4.79 Å². The first-order valence-corrected chi connectivity index (χ1v) is 6.59. The number of methoxy groups -OCH3 is 1. The molecule has 5 heteroatoms. The smallest absolute Gasteiger partial charge is 0.163 e. The lowest BCUT2D eigenvalue weighted by Gasteiger charge is -2.12. The molecule has 0 aliphatic carbocycles. The largest absolute Gasteiger partial charge is 0.493 e. The predicted octanol–water partition coefficient (Wildman–Crippen LogP) is 4.39. The van der Waals surface area contributed by atoms with Crippen LogP contribution in [-0.4, -0.2) is 13.4 Å². The molecule has 0 bridgehead atoms. The van der Waals surface area contributed by atoms with Crippen molar-refractivity contribution in [1.82, 2.24) is 0 Å². The van der Waals surface area contributed by atoms with Gasteiger partial charge in [-0.1, -0.05) is 35.3 Å². The summed E-state index contributed by atoms with van der Waals surface area (Å²) in [5.74, 6) is 0.932. The number of rotatable bonds is 5. The van der Waals surface area contributed by atoms with Crippen LogP contribution in [-0.2, 0) is 6.61 Å². The number of benzene rings is 2. The number of aldehydes is 1. The fourth-order valence-corrected chi connectivity index (χ4v) is 2.11. The second-order valence-corrected chi connectivity index (χ2v) is 4.90. The number of hydrogen-bond donors (Lipinski definition) is 0. The Labute approximate surface area is 127 Å². The van der Waals surface area contributed by atoms with E-state index in [1.54, 1.807) is 18.2 Å². The molecule has 3 nitrogen and oxygen atoms in total. The van der Waals surface area contributed by atoms with E-state index < -0.39 is 0 Å². The maximum absolute atomic E-state index is 10.8. The summed E-state index contributed by atoms with van der Waals surface area (Å²) in [5.41, 5.74) is 1.29. The molecule has 2 aromatic rings. The quantitative estimate of drug-likeness (QED) is 0.768. The SMILES string of the molecule is COc1cc(C=O)c(Cl)cc1OCc1cccc(Cl)c1. The molecule has 0 atom stereocenters. The summed E-state index contributed by atoms with van der Waals surface area (Å²) in [7, 11) is 1.50. The first-order valence-electron chi connectivity index (χ1n) is 5.84. The van der Waals surface area contributed by atoms with Gasteiger partial charge in [0.2, 0.25) is 0 Å². The Morgan fingerprint density at radius 2 is 1.95 bits per heavy atom. The summed E-state index contributed by atoms with van der Waals surface area (Å²) in [4.78, 5) is 10.8. The van der Waals surface area contributed by atoms with Crippen molar-refractivity contribution in [3.8, 4) is 11.5 Å². The van der Waals surface area contributed by atoms with E-state index in [1.807, 2.05) is 18.2 Å². The van der Waals surface area contributed by atoms with Gasteiger partial charge in [0.25, 0.3) is 0 Å². The van der Waals surface area contributed by atoms with Crippen LogP contribution in [0.25, 0.3) is 0 Å². The van der Waals surface area contributed by atoms with Crippen molar-refractivity contribution in [2.45, 2.75) is 6.61 Å². The topological polar surface area (TPSA) is 35.5 Å². The molecule has 2 rings (SSSR count). The van der Waals surface area contributed by atoms with Crippen LogP contribution < -0.4 is 9.47 Å². The average molecular weight is 311 g/mol. The zero-order valence-corrected chi connectivity index (χ0v) is 12.2. The second kappa shape index (κ2) is 6.64. The number of halogens is 2. The van der Waals surface area contributed by atoms with Crippen LogP contribution in [0.15, 0.2) is 36.4 Å². The van der Waals surface area contributed by atoms with Gasteiger partial charge in [-0.2, -0.15) is 0 Å². The van der Waals surface area contributed by atoms with Crippen LogP contribution in [0.1, 0.15) is 15.9 Å². The Kier molecular flexibility index (Phi) is 4.88. The molecule has 0 unspecified atom stereocenters. The molecule has 0 saturated heterocycles. The van der Waals surface area contributed by atoms with Crippen LogP contribution >= 0.6 is 23.2 Å². The van der Waals surface area contributed by atoms with Crippen LogP contribution in [0.3, 0.4) is 0 Å². The van der Waals surface area contributed by atoms with Gasteiger partial charge in [0, 0.05) is 16.7 Å². The van der Waals surface area contributed by atoms with Crippen molar-refractivity contribution in [1.29, 1.82) is 0 Å². The standard InChI is InChI=1S/C15H12Cl2O3/c1-19-14-6-11(8-18)13(17)7-15(14)20-9-10-3-2-4-12(16)5-10/h2-8H,9H2,1H3. The monoisotopic (exact) mass is 310 g/mol. The molecule has 2 aromatic carbocycles. The van der Waals surface area contributed by atoms with E-state index in [-0.39, 0.29) is 0 Å². The fraction of sp³-hybridized carbons (Fsp3) is 0.133. The maximum atomic E-state index is 10.8. The average Bonchev–Trinajstić information content (AvgIpc) is 2.45. The minimum atomic E-state index is 0.321. The molecule has 0 fully saturated rings. The zero-order chi connectivity index (χ0) is 14.5. The summed E-state index contributed by atoms with van der Waals surface area (Å²) < 4.78 is 10.9. The van der Waals surface area contributed by atoms with E-state index in [2.05, 4.69) is 0 Å². The molecular formula is C15H12Cl2O3. The van der Waals surface area contributed by atoms with Crippen LogP contribution in [0, 0.1) is 0 Å². The van der Waals surface area contributed by atoms with E-state index in [0.717, 1.165) is 5.56 Å². The predicted molar refractivity (Wildman–Crippen MR) is 79.2 cm³/mol. The van der Waals surface area contributed by atoms with Crippen molar-refractivity contribution in [3.05, 3.63) is 57.6 Å². The minimum Gasteiger partial charge on any atom is -0.493 e. The van der Waals surface area contributed by atoms with Gasteiger partial charge >= 0.3 is 0 Å². The lowest BCUT2D eigenvalue weighted by Crippen LogP contribution is -1.99. The highest BCUT2D eigenvalue weighted by molar-refractivity contribution is 6.33. The van der Waals surface area contributed by atoms with Crippen molar-refractivity contribution >= 4 is 29.5 Å². The Morgan fingerprint density at radius 1 is 1.15 bits per heavy atom. The van der Waals surface area contributed by atoms with Gasteiger partial charge in [0.05, 0.1) is 12.1 Å². The maximum Gasteiger partial charge on any atom is 0.163 e. The van der Waals surface area contributed by atoms with E-state index in [4.69, 9.17) is 32.7 Å². The second-order valence-electron chi connectivity index (χ2n) is 4.06. The van der Waals surface area contributed by atoms with Crippen molar-refractivity contribution < 1.29 is 14.3 Å². The fourth-order valence-electron chi connectivity index (χ4n) is 1.70. The van der Waals surface area contributed by atoms with Crippen molar-refractivity contribution in [2.75, 3.05) is 7.11 Å². The Balaban J connectivity index is 2.20. The normalized spacial score (nSPS) is 10.2. The number of carbonyl (C=O) groups is 1. The summed E-state index contributed by atoms with van der Waals surface area (Å²) in [6, 6.07) is 10.5. The molecule has 0 radical (unpaired) electrons. The van der Waals surface area contributed by atoms with E-state index in [0.29, 0.717) is 40.0 Å². The molecule has 0 aromatic heterocycles. The molecule has 0 amide bonds. The first kappa shape index (κ1) is 14.7. The molecule has 104 valence electrons. The molecule has 20 heavy (non-hydrogen) atoms. The lowest BCUT2D eigenvalue weighted by atomic mass is 10.2. The molecule has 0 saturated carbocycles. The molecule has 0 aliphatic rings. The van der Waals surface area contributed by atoms with E-state index >= 15 is 0 Å². The summed E-state index contributed by atoms with van der Waals surface area (Å²) >= 11 is 11.9. The van der Waals surface area contributed by atoms with Crippen molar-refractivity contribution in [3.63, 3.8) is 0 Å². The number of ether oxygens (including phenoxy) is 2. The van der Waals surface area contributed by atoms with Gasteiger partial charge in [0.15, 0.2) is 17.8 Å². The summed E-state index contributed by atoms with van der Waals surface area (Å²) in [6.07, 6.45) is 0.672. The van der Waals surface area contributed by atoms with Crippen LogP contribution in [0.4, 0.5) is 0 Å². The van der Waals surface area contributed by atoms with Gasteiger partial charge in [-0.05, 0) is 23.8 Å². The van der Waals surface area contributed by atoms with E-state index in [1.165, 1.54) is 7.11 Å². The molecular weight excluding hydrogens is 299 g/mol. The van der Waals surface area contributed by atoms with Crippen LogP contribution in [0.5, 0.6) is 11.5 Å². The van der Waals surface area contributed by atoms with Crippen LogP contribution in [0.2, 0.25) is 10.0 Å². The minimum absolute atomic E-state index is 0.321. The Hall–Kier alpha value is -1.71. The third-order valence-electron chi connectivity index (χ3n) is 2.69. The highest BCUT2D eigenvalue weighted by Gasteiger charge is 2.10. The first-order chi connectivity index (χ1) is 9.63. The Bertz CT molecular complexity index is 627. The lowest BCUT2D eigenvalue weighted by molar-refractivity contribution is 0.112.